The van der Waals surface area contributed by atoms with Crippen LogP contribution in [0.3, 0.4) is 0 Å². The van der Waals surface area contributed by atoms with E-state index >= 15 is 0 Å². The second kappa shape index (κ2) is 9.81. The largest absolute Gasteiger partial charge is 0.422 e. The van der Waals surface area contributed by atoms with Crippen molar-refractivity contribution in [1.29, 1.82) is 0 Å². The van der Waals surface area contributed by atoms with Crippen molar-refractivity contribution < 1.29 is 17.7 Å². The first-order chi connectivity index (χ1) is 17.2. The minimum Gasteiger partial charge on any atom is -0.200 e. The number of benzene rings is 3. The van der Waals surface area contributed by atoms with Gasteiger partial charge in [-0.15, -0.1) is 0 Å². The number of aromatic nitrogens is 1. The van der Waals surface area contributed by atoms with Gasteiger partial charge in [-0.25, -0.2) is 4.57 Å². The second-order valence-corrected chi connectivity index (χ2v) is 11.4. The molecular weight excluding hydrogens is 467 g/mol. The zero-order valence-electron chi connectivity index (χ0n) is 22.7. The summed E-state index contributed by atoms with van der Waals surface area (Å²) in [4.78, 5) is 0. The van der Waals surface area contributed by atoms with Crippen LogP contribution in [0.25, 0.3) is 33.5 Å². The van der Waals surface area contributed by atoms with Gasteiger partial charge in [0.15, 0.2) is 6.20 Å². The van der Waals surface area contributed by atoms with E-state index in [1.165, 1.54) is 11.8 Å². The maximum atomic E-state index is 14.1. The predicted octanol–water partition coefficient (Wildman–Crippen LogP) is 9.04. The monoisotopic (exact) mass is 502 g/mol. The standard InChI is InChI=1S/C33H35F3N/c1-21-16-22(2)23(3)28(17-21)31-18-29(30(20-37(31)7)33(34,35)36)27-14-12-26(13-15-27)25-10-8-24(9-11-25)19-32(4,5)6/h8-18,20H,19H2,1-7H3/q+1. The van der Waals surface area contributed by atoms with Crippen molar-refractivity contribution in [1.82, 2.24) is 0 Å². The van der Waals surface area contributed by atoms with E-state index in [4.69, 9.17) is 0 Å². The summed E-state index contributed by atoms with van der Waals surface area (Å²) >= 11 is 0. The van der Waals surface area contributed by atoms with Gasteiger partial charge in [0.1, 0.15) is 12.6 Å². The van der Waals surface area contributed by atoms with Gasteiger partial charge in [-0.05, 0) is 72.1 Å². The Morgan fingerprint density at radius 1 is 0.703 bits per heavy atom. The summed E-state index contributed by atoms with van der Waals surface area (Å²) in [6, 6.07) is 21.6. The quantitative estimate of drug-likeness (QED) is 0.245. The van der Waals surface area contributed by atoms with Crippen LogP contribution in [0.2, 0.25) is 0 Å². The van der Waals surface area contributed by atoms with Gasteiger partial charge in [0.05, 0.1) is 0 Å². The van der Waals surface area contributed by atoms with Crippen molar-refractivity contribution in [2.24, 2.45) is 12.5 Å². The third kappa shape index (κ3) is 5.95. The van der Waals surface area contributed by atoms with E-state index in [1.54, 1.807) is 29.8 Å². The van der Waals surface area contributed by atoms with Crippen LogP contribution in [0.15, 0.2) is 72.9 Å². The second-order valence-electron chi connectivity index (χ2n) is 11.4. The Morgan fingerprint density at radius 3 is 1.78 bits per heavy atom. The van der Waals surface area contributed by atoms with E-state index in [9.17, 15) is 13.2 Å². The molecule has 0 amide bonds. The summed E-state index contributed by atoms with van der Waals surface area (Å²) in [5.74, 6) is 0. The zero-order chi connectivity index (χ0) is 27.1. The summed E-state index contributed by atoms with van der Waals surface area (Å²) in [5.41, 5.74) is 8.57. The van der Waals surface area contributed by atoms with Crippen molar-refractivity contribution in [3.63, 3.8) is 0 Å². The van der Waals surface area contributed by atoms with Crippen LogP contribution < -0.4 is 4.57 Å². The molecular formula is C33H35F3N+. The van der Waals surface area contributed by atoms with E-state index in [2.05, 4.69) is 51.1 Å². The first kappa shape index (κ1) is 26.7. The Morgan fingerprint density at radius 2 is 1.24 bits per heavy atom. The highest BCUT2D eigenvalue weighted by molar-refractivity contribution is 5.76. The van der Waals surface area contributed by atoms with Gasteiger partial charge < -0.3 is 0 Å². The number of hydrogen-bond acceptors (Lipinski definition) is 0. The van der Waals surface area contributed by atoms with Crippen LogP contribution in [-0.4, -0.2) is 0 Å². The van der Waals surface area contributed by atoms with Crippen LogP contribution in [0.1, 0.15) is 48.6 Å². The molecule has 0 saturated heterocycles. The van der Waals surface area contributed by atoms with Crippen molar-refractivity contribution >= 4 is 0 Å². The molecule has 4 aromatic rings. The Hall–Kier alpha value is -3.40. The van der Waals surface area contributed by atoms with Gasteiger partial charge in [-0.3, -0.25) is 0 Å². The Kier molecular flexibility index (Phi) is 7.07. The molecule has 0 saturated carbocycles. The molecule has 0 atom stereocenters. The summed E-state index contributed by atoms with van der Waals surface area (Å²) in [6.07, 6.45) is -2.27. The third-order valence-corrected chi connectivity index (χ3v) is 6.88. The highest BCUT2D eigenvalue weighted by Gasteiger charge is 2.37. The molecule has 192 valence electrons. The molecule has 0 N–H and O–H groups in total. The first-order valence-electron chi connectivity index (χ1n) is 12.6. The average molecular weight is 503 g/mol. The van der Waals surface area contributed by atoms with Crippen molar-refractivity contribution in [3.8, 4) is 33.5 Å². The minimum atomic E-state index is -4.47. The topological polar surface area (TPSA) is 3.88 Å². The molecule has 4 heteroatoms. The highest BCUT2D eigenvalue weighted by Crippen LogP contribution is 2.39. The van der Waals surface area contributed by atoms with Gasteiger partial charge in [0.25, 0.3) is 0 Å². The van der Waals surface area contributed by atoms with Crippen LogP contribution in [0.5, 0.6) is 0 Å². The SMILES string of the molecule is Cc1cc(C)c(C)c(-c2cc(-c3ccc(-c4ccc(CC(C)(C)C)cc4)cc3)c(C(F)(F)F)c[n+]2C)c1. The van der Waals surface area contributed by atoms with Crippen molar-refractivity contribution in [2.45, 2.75) is 54.1 Å². The highest BCUT2D eigenvalue weighted by atomic mass is 19.4. The molecule has 0 aliphatic carbocycles. The zero-order valence-corrected chi connectivity index (χ0v) is 22.7. The average Bonchev–Trinajstić information content (AvgIpc) is 2.80. The molecule has 1 aromatic heterocycles. The molecule has 0 unspecified atom stereocenters. The third-order valence-electron chi connectivity index (χ3n) is 6.88. The van der Waals surface area contributed by atoms with Crippen LogP contribution in [0.4, 0.5) is 13.2 Å². The number of rotatable bonds is 4. The van der Waals surface area contributed by atoms with E-state index in [0.29, 0.717) is 5.56 Å². The lowest BCUT2D eigenvalue weighted by Crippen LogP contribution is -2.33. The Labute approximate surface area is 218 Å². The maximum Gasteiger partial charge on any atom is 0.422 e. The molecule has 37 heavy (non-hydrogen) atoms. The molecule has 1 nitrogen and oxygen atoms in total. The van der Waals surface area contributed by atoms with E-state index in [0.717, 1.165) is 45.5 Å². The van der Waals surface area contributed by atoms with Gasteiger partial charge >= 0.3 is 6.18 Å². The molecule has 0 radical (unpaired) electrons. The number of halogens is 3. The fraction of sp³-hybridized carbons (Fsp3) is 0.303. The van der Waals surface area contributed by atoms with E-state index < -0.39 is 11.7 Å². The minimum absolute atomic E-state index is 0.186. The lowest BCUT2D eigenvalue weighted by atomic mass is 9.87. The number of alkyl halides is 3. The molecule has 1 heterocycles. The van der Waals surface area contributed by atoms with Crippen LogP contribution >= 0.6 is 0 Å². The molecule has 3 aromatic carbocycles. The molecule has 0 bridgehead atoms. The van der Waals surface area contributed by atoms with Crippen LogP contribution in [0, 0.1) is 26.2 Å². The maximum absolute atomic E-state index is 14.1. The summed E-state index contributed by atoms with van der Waals surface area (Å²) in [6.45, 7) is 12.7. The number of hydrogen-bond donors (Lipinski definition) is 0. The van der Waals surface area contributed by atoms with Gasteiger partial charge in [0.2, 0.25) is 5.69 Å². The lowest BCUT2D eigenvalue weighted by Gasteiger charge is -2.18. The van der Waals surface area contributed by atoms with E-state index in [-0.39, 0.29) is 11.0 Å². The summed E-state index contributed by atoms with van der Waals surface area (Å²) in [7, 11) is 1.68. The molecule has 0 aliphatic heterocycles. The van der Waals surface area contributed by atoms with Gasteiger partial charge in [-0.2, -0.15) is 13.2 Å². The Balaban J connectivity index is 1.77. The van der Waals surface area contributed by atoms with E-state index in [1.807, 2.05) is 39.0 Å². The van der Waals surface area contributed by atoms with Crippen LogP contribution in [-0.2, 0) is 19.6 Å². The number of pyridine rings is 1. The lowest BCUT2D eigenvalue weighted by molar-refractivity contribution is -0.661. The predicted molar refractivity (Wildman–Crippen MR) is 146 cm³/mol. The smallest absolute Gasteiger partial charge is 0.200 e. The number of aryl methyl sites for hydroxylation is 3. The fourth-order valence-electron chi connectivity index (χ4n) is 4.96. The first-order valence-corrected chi connectivity index (χ1v) is 12.6. The molecule has 0 fully saturated rings. The Bertz CT molecular complexity index is 1420. The molecule has 0 aliphatic rings. The van der Waals surface area contributed by atoms with Gasteiger partial charge in [-0.1, -0.05) is 80.9 Å². The number of nitrogens with zero attached hydrogens (tertiary/aromatic N) is 1. The summed E-state index contributed by atoms with van der Waals surface area (Å²) < 4.78 is 44.0. The molecule has 4 rings (SSSR count). The van der Waals surface area contributed by atoms with Gasteiger partial charge in [0, 0.05) is 17.2 Å². The van der Waals surface area contributed by atoms with Crippen molar-refractivity contribution in [2.75, 3.05) is 0 Å². The molecule has 0 spiro atoms. The van der Waals surface area contributed by atoms with Crippen molar-refractivity contribution in [3.05, 3.63) is 101 Å². The fourth-order valence-corrected chi connectivity index (χ4v) is 4.96. The summed E-state index contributed by atoms with van der Waals surface area (Å²) in [5, 5.41) is 0. The normalized spacial score (nSPS) is 12.2.